The van der Waals surface area contributed by atoms with Crippen LogP contribution in [0.25, 0.3) is 0 Å². The molecule has 0 saturated carbocycles. The highest BCUT2D eigenvalue weighted by Gasteiger charge is 2.49. The second-order valence-electron chi connectivity index (χ2n) is 3.59. The number of methoxy groups -OCH3 is 1. The zero-order valence-corrected chi connectivity index (χ0v) is 7.69. The van der Waals surface area contributed by atoms with E-state index in [-0.39, 0.29) is 5.92 Å². The van der Waals surface area contributed by atoms with Gasteiger partial charge in [-0.2, -0.15) is 0 Å². The van der Waals surface area contributed by atoms with Crippen molar-refractivity contribution >= 4 is 6.29 Å². The first-order valence-electron chi connectivity index (χ1n) is 4.59. The molecule has 0 radical (unpaired) electrons. The van der Waals surface area contributed by atoms with Gasteiger partial charge < -0.3 is 19.0 Å². The number of aldehydes is 1. The molecule has 4 nitrogen and oxygen atoms in total. The number of carbonyl (C=O) groups is 1. The summed E-state index contributed by atoms with van der Waals surface area (Å²) in [4.78, 5) is 10.7. The summed E-state index contributed by atoms with van der Waals surface area (Å²) < 4.78 is 16.2. The van der Waals surface area contributed by atoms with Crippen molar-refractivity contribution in [2.75, 3.05) is 13.7 Å². The summed E-state index contributed by atoms with van der Waals surface area (Å²) in [5.41, 5.74) is 0. The van der Waals surface area contributed by atoms with E-state index in [1.807, 2.05) is 0 Å². The molecule has 0 aromatic heterocycles. The minimum atomic E-state index is -0.522. The van der Waals surface area contributed by atoms with Gasteiger partial charge in [0.2, 0.25) is 0 Å². The predicted molar refractivity (Wildman–Crippen MR) is 44.0 cm³/mol. The van der Waals surface area contributed by atoms with E-state index in [2.05, 4.69) is 0 Å². The van der Waals surface area contributed by atoms with Crippen molar-refractivity contribution in [1.82, 2.24) is 0 Å². The SMILES string of the molecule is COC1OC2(CCCO2)CC1C=O. The molecule has 3 unspecified atom stereocenters. The molecular formula is C9H14O4. The number of hydrogen-bond acceptors (Lipinski definition) is 4. The highest BCUT2D eigenvalue weighted by Crippen LogP contribution is 2.41. The fourth-order valence-corrected chi connectivity index (χ4v) is 2.06. The number of rotatable bonds is 2. The van der Waals surface area contributed by atoms with Gasteiger partial charge in [0.25, 0.3) is 0 Å². The van der Waals surface area contributed by atoms with Crippen LogP contribution in [-0.4, -0.2) is 32.1 Å². The lowest BCUT2D eigenvalue weighted by Gasteiger charge is -2.21. The molecule has 0 aromatic carbocycles. The summed E-state index contributed by atoms with van der Waals surface area (Å²) in [7, 11) is 1.55. The first-order chi connectivity index (χ1) is 6.29. The molecule has 3 atom stereocenters. The molecule has 0 aromatic rings. The Morgan fingerprint density at radius 1 is 1.62 bits per heavy atom. The third kappa shape index (κ3) is 1.49. The molecule has 0 aliphatic carbocycles. The fraction of sp³-hybridized carbons (Fsp3) is 0.889. The van der Waals surface area contributed by atoms with E-state index in [0.717, 1.165) is 25.7 Å². The van der Waals surface area contributed by atoms with Gasteiger partial charge in [0.1, 0.15) is 6.29 Å². The number of ether oxygens (including phenoxy) is 3. The van der Waals surface area contributed by atoms with E-state index in [1.165, 1.54) is 0 Å². The maximum Gasteiger partial charge on any atom is 0.172 e. The molecule has 0 bridgehead atoms. The van der Waals surface area contributed by atoms with E-state index in [9.17, 15) is 4.79 Å². The Hall–Kier alpha value is -0.450. The van der Waals surface area contributed by atoms with Gasteiger partial charge in [-0.3, -0.25) is 0 Å². The fourth-order valence-electron chi connectivity index (χ4n) is 2.06. The van der Waals surface area contributed by atoms with Crippen LogP contribution in [0, 0.1) is 5.92 Å². The summed E-state index contributed by atoms with van der Waals surface area (Å²) in [6, 6.07) is 0. The second kappa shape index (κ2) is 3.36. The number of carbonyl (C=O) groups excluding carboxylic acids is 1. The molecule has 2 saturated heterocycles. The molecule has 1 spiro atoms. The lowest BCUT2D eigenvalue weighted by atomic mass is 10.0. The van der Waals surface area contributed by atoms with Gasteiger partial charge in [-0.1, -0.05) is 0 Å². The van der Waals surface area contributed by atoms with Gasteiger partial charge in [-0.25, -0.2) is 0 Å². The van der Waals surface area contributed by atoms with Crippen LogP contribution >= 0.6 is 0 Å². The third-order valence-corrected chi connectivity index (χ3v) is 2.70. The summed E-state index contributed by atoms with van der Waals surface area (Å²) in [5, 5.41) is 0. The Morgan fingerprint density at radius 3 is 2.92 bits per heavy atom. The van der Waals surface area contributed by atoms with Crippen LogP contribution in [0.3, 0.4) is 0 Å². The third-order valence-electron chi connectivity index (χ3n) is 2.70. The molecule has 2 rings (SSSR count). The molecule has 2 aliphatic heterocycles. The lowest BCUT2D eigenvalue weighted by molar-refractivity contribution is -0.248. The second-order valence-corrected chi connectivity index (χ2v) is 3.59. The Balaban J connectivity index is 2.07. The highest BCUT2D eigenvalue weighted by molar-refractivity contribution is 5.55. The largest absolute Gasteiger partial charge is 0.355 e. The predicted octanol–water partition coefficient (Wildman–Crippen LogP) is 0.701. The Bertz CT molecular complexity index is 198. The van der Waals surface area contributed by atoms with E-state index in [4.69, 9.17) is 14.2 Å². The zero-order valence-electron chi connectivity index (χ0n) is 7.69. The topological polar surface area (TPSA) is 44.8 Å². The molecule has 2 fully saturated rings. The minimum absolute atomic E-state index is 0.178. The molecule has 13 heavy (non-hydrogen) atoms. The molecule has 0 N–H and O–H groups in total. The van der Waals surface area contributed by atoms with Crippen LogP contribution in [0.1, 0.15) is 19.3 Å². The highest BCUT2D eigenvalue weighted by atomic mass is 16.8. The van der Waals surface area contributed by atoms with Crippen molar-refractivity contribution in [1.29, 1.82) is 0 Å². The quantitative estimate of drug-likeness (QED) is 0.595. The van der Waals surface area contributed by atoms with E-state index < -0.39 is 12.1 Å². The monoisotopic (exact) mass is 186 g/mol. The van der Waals surface area contributed by atoms with E-state index in [0.29, 0.717) is 6.42 Å². The van der Waals surface area contributed by atoms with E-state index in [1.54, 1.807) is 7.11 Å². The molecule has 2 aliphatic rings. The summed E-state index contributed by atoms with van der Waals surface area (Å²) in [6.45, 7) is 0.724. The Labute approximate surface area is 77.1 Å². The first-order valence-corrected chi connectivity index (χ1v) is 4.59. The Morgan fingerprint density at radius 2 is 2.46 bits per heavy atom. The van der Waals surface area contributed by atoms with Crippen molar-refractivity contribution in [3.8, 4) is 0 Å². The van der Waals surface area contributed by atoms with Gasteiger partial charge in [-0.05, 0) is 6.42 Å². The molecular weight excluding hydrogens is 172 g/mol. The summed E-state index contributed by atoms with van der Waals surface area (Å²) in [6.07, 6.45) is 2.98. The minimum Gasteiger partial charge on any atom is -0.355 e. The molecule has 4 heteroatoms. The molecule has 74 valence electrons. The Kier molecular flexibility index (Phi) is 2.36. The van der Waals surface area contributed by atoms with Crippen LogP contribution in [0.15, 0.2) is 0 Å². The van der Waals surface area contributed by atoms with Gasteiger partial charge in [0.15, 0.2) is 12.1 Å². The van der Waals surface area contributed by atoms with Crippen LogP contribution in [-0.2, 0) is 19.0 Å². The molecule has 2 heterocycles. The first kappa shape index (κ1) is 9.12. The van der Waals surface area contributed by atoms with Crippen molar-refractivity contribution < 1.29 is 19.0 Å². The average molecular weight is 186 g/mol. The lowest BCUT2D eigenvalue weighted by Crippen LogP contribution is -2.27. The smallest absolute Gasteiger partial charge is 0.172 e. The summed E-state index contributed by atoms with van der Waals surface area (Å²) in [5.74, 6) is -0.699. The number of hydrogen-bond donors (Lipinski definition) is 0. The average Bonchev–Trinajstić information content (AvgIpc) is 2.74. The standard InChI is InChI=1S/C9H14O4/c1-11-8-7(6-10)5-9(13-8)3-2-4-12-9/h6-8H,2-5H2,1H3. The van der Waals surface area contributed by atoms with Crippen molar-refractivity contribution in [2.45, 2.75) is 31.3 Å². The zero-order chi connectivity index (χ0) is 9.31. The van der Waals surface area contributed by atoms with E-state index >= 15 is 0 Å². The van der Waals surface area contributed by atoms with Crippen molar-refractivity contribution in [3.05, 3.63) is 0 Å². The van der Waals surface area contributed by atoms with Crippen LogP contribution in [0.2, 0.25) is 0 Å². The van der Waals surface area contributed by atoms with Crippen LogP contribution in [0.5, 0.6) is 0 Å². The van der Waals surface area contributed by atoms with Gasteiger partial charge in [-0.15, -0.1) is 0 Å². The van der Waals surface area contributed by atoms with Crippen molar-refractivity contribution in [2.24, 2.45) is 5.92 Å². The van der Waals surface area contributed by atoms with Gasteiger partial charge in [0, 0.05) is 20.0 Å². The maximum absolute atomic E-state index is 10.7. The van der Waals surface area contributed by atoms with Gasteiger partial charge >= 0.3 is 0 Å². The van der Waals surface area contributed by atoms with Crippen LogP contribution in [0.4, 0.5) is 0 Å². The summed E-state index contributed by atoms with van der Waals surface area (Å²) >= 11 is 0. The van der Waals surface area contributed by atoms with Crippen LogP contribution < -0.4 is 0 Å². The maximum atomic E-state index is 10.7. The van der Waals surface area contributed by atoms with Gasteiger partial charge in [0.05, 0.1) is 12.5 Å². The normalized spacial score (nSPS) is 44.4. The van der Waals surface area contributed by atoms with Crippen molar-refractivity contribution in [3.63, 3.8) is 0 Å². The molecule has 0 amide bonds.